The third-order valence-electron chi connectivity index (χ3n) is 3.73. The first kappa shape index (κ1) is 15.7. The second-order valence-electron chi connectivity index (χ2n) is 5.75. The fourth-order valence-corrected chi connectivity index (χ4v) is 3.59. The van der Waals surface area contributed by atoms with E-state index in [1.807, 2.05) is 6.92 Å². The minimum atomic E-state index is -0.375. The Hall–Kier alpha value is -2.21. The Balaban J connectivity index is 2.12. The van der Waals surface area contributed by atoms with Crippen LogP contribution in [0.3, 0.4) is 0 Å². The van der Waals surface area contributed by atoms with Gasteiger partial charge in [0.25, 0.3) is 0 Å². The lowest BCUT2D eigenvalue weighted by Gasteiger charge is -2.05. The SMILES string of the molecule is CCn1c(=NC(=O)c2cc(C)on2)sc2cc(C(C)C)ccc21. The van der Waals surface area contributed by atoms with Crippen molar-refractivity contribution in [3.05, 3.63) is 46.1 Å². The molecule has 0 radical (unpaired) electrons. The molecule has 0 unspecified atom stereocenters. The first-order valence-corrected chi connectivity index (χ1v) is 8.47. The predicted octanol–water partition coefficient (Wildman–Crippen LogP) is 3.88. The Morgan fingerprint density at radius 3 is 2.78 bits per heavy atom. The van der Waals surface area contributed by atoms with E-state index < -0.39 is 0 Å². The van der Waals surface area contributed by atoms with Crippen molar-refractivity contribution >= 4 is 27.5 Å². The average molecular weight is 329 g/mol. The molecule has 0 spiro atoms. The number of fused-ring (bicyclic) bond motifs is 1. The molecule has 3 aromatic rings. The van der Waals surface area contributed by atoms with Crippen molar-refractivity contribution in [3.8, 4) is 0 Å². The standard InChI is InChI=1S/C17H19N3O2S/c1-5-20-14-7-6-12(10(2)3)9-15(14)23-17(20)18-16(21)13-8-11(4)22-19-13/h6-10H,5H2,1-4H3. The molecule has 23 heavy (non-hydrogen) atoms. The Labute approximate surface area is 138 Å². The van der Waals surface area contributed by atoms with Gasteiger partial charge in [0.2, 0.25) is 0 Å². The fourth-order valence-electron chi connectivity index (χ4n) is 2.45. The van der Waals surface area contributed by atoms with Crippen LogP contribution in [0.25, 0.3) is 10.2 Å². The third-order valence-corrected chi connectivity index (χ3v) is 4.78. The van der Waals surface area contributed by atoms with Crippen LogP contribution in [0.2, 0.25) is 0 Å². The van der Waals surface area contributed by atoms with Gasteiger partial charge in [-0.15, -0.1) is 0 Å². The van der Waals surface area contributed by atoms with E-state index >= 15 is 0 Å². The highest BCUT2D eigenvalue weighted by Crippen LogP contribution is 2.23. The molecule has 0 N–H and O–H groups in total. The molecule has 3 rings (SSSR count). The lowest BCUT2D eigenvalue weighted by Crippen LogP contribution is -2.16. The van der Waals surface area contributed by atoms with Gasteiger partial charge < -0.3 is 9.09 Å². The lowest BCUT2D eigenvalue weighted by atomic mass is 10.0. The minimum Gasteiger partial charge on any atom is -0.361 e. The summed E-state index contributed by atoms with van der Waals surface area (Å²) in [5.41, 5.74) is 2.63. The summed E-state index contributed by atoms with van der Waals surface area (Å²) in [6.07, 6.45) is 0. The molecule has 0 aliphatic heterocycles. The van der Waals surface area contributed by atoms with Crippen LogP contribution in [-0.4, -0.2) is 15.6 Å². The maximum atomic E-state index is 12.3. The molecule has 5 nitrogen and oxygen atoms in total. The van der Waals surface area contributed by atoms with Gasteiger partial charge in [-0.1, -0.05) is 36.4 Å². The second-order valence-corrected chi connectivity index (χ2v) is 6.76. The molecule has 1 amide bonds. The molecule has 0 aliphatic rings. The van der Waals surface area contributed by atoms with Crippen LogP contribution in [0.15, 0.2) is 33.8 Å². The summed E-state index contributed by atoms with van der Waals surface area (Å²) in [7, 11) is 0. The van der Waals surface area contributed by atoms with Crippen molar-refractivity contribution in [2.45, 2.75) is 40.2 Å². The van der Waals surface area contributed by atoms with Gasteiger partial charge in [-0.2, -0.15) is 4.99 Å². The summed E-state index contributed by atoms with van der Waals surface area (Å²) in [5, 5.41) is 3.74. The van der Waals surface area contributed by atoms with Crippen molar-refractivity contribution < 1.29 is 9.32 Å². The van der Waals surface area contributed by atoms with Gasteiger partial charge >= 0.3 is 5.91 Å². The summed E-state index contributed by atoms with van der Waals surface area (Å²) < 4.78 is 8.14. The van der Waals surface area contributed by atoms with Crippen LogP contribution in [0.5, 0.6) is 0 Å². The highest BCUT2D eigenvalue weighted by Gasteiger charge is 2.12. The molecular formula is C17H19N3O2S. The number of nitrogens with zero attached hydrogens (tertiary/aromatic N) is 3. The number of amides is 1. The van der Waals surface area contributed by atoms with E-state index in [0.717, 1.165) is 16.8 Å². The maximum Gasteiger partial charge on any atom is 0.301 e. The van der Waals surface area contributed by atoms with Crippen LogP contribution in [-0.2, 0) is 6.54 Å². The van der Waals surface area contributed by atoms with Crippen LogP contribution in [0.1, 0.15) is 48.5 Å². The minimum absolute atomic E-state index is 0.241. The highest BCUT2D eigenvalue weighted by molar-refractivity contribution is 7.16. The highest BCUT2D eigenvalue weighted by atomic mass is 32.1. The topological polar surface area (TPSA) is 60.4 Å². The fraction of sp³-hybridized carbons (Fsp3) is 0.353. The molecule has 6 heteroatoms. The Bertz CT molecular complexity index is 931. The van der Waals surface area contributed by atoms with E-state index in [1.165, 1.54) is 16.9 Å². The zero-order valence-corrected chi connectivity index (χ0v) is 14.5. The molecule has 120 valence electrons. The zero-order valence-electron chi connectivity index (χ0n) is 13.7. The first-order chi connectivity index (χ1) is 11.0. The molecular weight excluding hydrogens is 310 g/mol. The molecule has 0 saturated heterocycles. The molecule has 2 heterocycles. The summed E-state index contributed by atoms with van der Waals surface area (Å²) in [6.45, 7) is 8.90. The summed E-state index contributed by atoms with van der Waals surface area (Å²) >= 11 is 1.53. The van der Waals surface area contributed by atoms with E-state index in [1.54, 1.807) is 13.0 Å². The van der Waals surface area contributed by atoms with E-state index in [2.05, 4.69) is 46.8 Å². The van der Waals surface area contributed by atoms with Crippen molar-refractivity contribution in [3.63, 3.8) is 0 Å². The molecule has 0 fully saturated rings. The molecule has 1 aromatic carbocycles. The van der Waals surface area contributed by atoms with Crippen LogP contribution in [0, 0.1) is 6.92 Å². The summed E-state index contributed by atoms with van der Waals surface area (Å²) in [6, 6.07) is 8.03. The van der Waals surface area contributed by atoms with Crippen molar-refractivity contribution in [1.29, 1.82) is 0 Å². The second kappa shape index (κ2) is 6.12. The van der Waals surface area contributed by atoms with Crippen LogP contribution in [0.4, 0.5) is 0 Å². The number of rotatable bonds is 3. The first-order valence-electron chi connectivity index (χ1n) is 7.65. The van der Waals surface area contributed by atoms with E-state index in [0.29, 0.717) is 16.5 Å². The maximum absolute atomic E-state index is 12.3. The third kappa shape index (κ3) is 2.99. The number of aromatic nitrogens is 2. The van der Waals surface area contributed by atoms with Crippen molar-refractivity contribution in [1.82, 2.24) is 9.72 Å². The zero-order chi connectivity index (χ0) is 16.6. The van der Waals surface area contributed by atoms with Gasteiger partial charge in [-0.25, -0.2) is 0 Å². The van der Waals surface area contributed by atoms with Crippen molar-refractivity contribution in [2.75, 3.05) is 0 Å². The van der Waals surface area contributed by atoms with Gasteiger partial charge in [0.15, 0.2) is 10.5 Å². The number of carbonyl (C=O) groups excluding carboxylic acids is 1. The van der Waals surface area contributed by atoms with Gasteiger partial charge in [-0.3, -0.25) is 4.79 Å². The van der Waals surface area contributed by atoms with E-state index in [9.17, 15) is 4.79 Å². The van der Waals surface area contributed by atoms with E-state index in [4.69, 9.17) is 4.52 Å². The van der Waals surface area contributed by atoms with Crippen LogP contribution < -0.4 is 4.80 Å². The van der Waals surface area contributed by atoms with Crippen LogP contribution >= 0.6 is 11.3 Å². The molecule has 0 saturated carbocycles. The van der Waals surface area contributed by atoms with E-state index in [-0.39, 0.29) is 11.6 Å². The van der Waals surface area contributed by atoms with Gasteiger partial charge in [0, 0.05) is 12.6 Å². The summed E-state index contributed by atoms with van der Waals surface area (Å²) in [4.78, 5) is 17.2. The van der Waals surface area contributed by atoms with Gasteiger partial charge in [0.1, 0.15) is 5.76 Å². The predicted molar refractivity (Wildman–Crippen MR) is 90.7 cm³/mol. The van der Waals surface area contributed by atoms with Gasteiger partial charge in [-0.05, 0) is 37.5 Å². The largest absolute Gasteiger partial charge is 0.361 e. The quantitative estimate of drug-likeness (QED) is 0.732. The monoisotopic (exact) mass is 329 g/mol. The Morgan fingerprint density at radius 2 is 2.17 bits per heavy atom. The number of carbonyl (C=O) groups is 1. The average Bonchev–Trinajstić information content (AvgIpc) is 3.09. The molecule has 0 bridgehead atoms. The van der Waals surface area contributed by atoms with Gasteiger partial charge in [0.05, 0.1) is 10.2 Å². The number of hydrogen-bond acceptors (Lipinski definition) is 4. The molecule has 0 aliphatic carbocycles. The molecule has 2 aromatic heterocycles. The summed E-state index contributed by atoms with van der Waals surface area (Å²) in [5.74, 6) is 0.696. The molecule has 0 atom stereocenters. The Kier molecular flexibility index (Phi) is 4.17. The Morgan fingerprint density at radius 1 is 1.39 bits per heavy atom. The number of aryl methyl sites for hydroxylation is 2. The van der Waals surface area contributed by atoms with Crippen molar-refractivity contribution in [2.24, 2.45) is 4.99 Å². The smallest absolute Gasteiger partial charge is 0.301 e. The number of hydrogen-bond donors (Lipinski definition) is 0. The normalized spacial score (nSPS) is 12.5. The lowest BCUT2D eigenvalue weighted by molar-refractivity contribution is 0.0989. The number of benzene rings is 1. The number of thiazole rings is 1.